The molecular weight excluding hydrogens is 478 g/mol. The molecule has 0 radical (unpaired) electrons. The Morgan fingerprint density at radius 1 is 1.11 bits per heavy atom. The molecule has 0 fully saturated rings. The number of H-pyrrole nitrogens is 1. The summed E-state index contributed by atoms with van der Waals surface area (Å²) in [6.07, 6.45) is 1.47. The van der Waals surface area contributed by atoms with Gasteiger partial charge in [-0.3, -0.25) is 14.5 Å². The van der Waals surface area contributed by atoms with E-state index in [4.69, 9.17) is 9.15 Å². The number of furan rings is 1. The second-order valence-corrected chi connectivity index (χ2v) is 9.12. The van der Waals surface area contributed by atoms with Crippen LogP contribution in [0.5, 0.6) is 5.75 Å². The second kappa shape index (κ2) is 9.89. The maximum absolute atomic E-state index is 13.0. The van der Waals surface area contributed by atoms with Crippen molar-refractivity contribution in [3.05, 3.63) is 87.1 Å². The fourth-order valence-corrected chi connectivity index (χ4v) is 4.65. The highest BCUT2D eigenvalue weighted by atomic mass is 32.2. The molecule has 182 valence electrons. The SMILES string of the molecule is COc1c(CCC(=O)NCc2ccco2)c(NS(=O)(=O)c2ccccc2)cc2c(=O)oc(=O)[nH]c12. The summed E-state index contributed by atoms with van der Waals surface area (Å²) in [4.78, 5) is 39.0. The van der Waals surface area contributed by atoms with Crippen molar-refractivity contribution in [1.82, 2.24) is 10.3 Å². The predicted octanol–water partition coefficient (Wildman–Crippen LogP) is 2.13. The third-order valence-electron chi connectivity index (χ3n) is 5.16. The number of amides is 1. The molecule has 35 heavy (non-hydrogen) atoms. The summed E-state index contributed by atoms with van der Waals surface area (Å²) in [6.45, 7) is 0.183. The van der Waals surface area contributed by atoms with E-state index in [0.29, 0.717) is 5.76 Å². The number of fused-ring (bicyclic) bond motifs is 1. The lowest BCUT2D eigenvalue weighted by molar-refractivity contribution is -0.121. The molecule has 0 atom stereocenters. The first kappa shape index (κ1) is 23.8. The third kappa shape index (κ3) is 5.27. The van der Waals surface area contributed by atoms with Crippen LogP contribution < -0.4 is 26.2 Å². The number of sulfonamides is 1. The Bertz CT molecular complexity index is 1570. The first-order valence-corrected chi connectivity index (χ1v) is 11.9. The quantitative estimate of drug-likeness (QED) is 0.316. The molecule has 0 saturated heterocycles. The molecule has 2 heterocycles. The van der Waals surface area contributed by atoms with Crippen LogP contribution in [0.3, 0.4) is 0 Å². The minimum Gasteiger partial charge on any atom is -0.494 e. The number of hydrogen-bond donors (Lipinski definition) is 3. The zero-order chi connectivity index (χ0) is 25.0. The molecule has 0 bridgehead atoms. The number of benzene rings is 2. The van der Waals surface area contributed by atoms with Crippen LogP contribution >= 0.6 is 0 Å². The molecule has 0 saturated carbocycles. The highest BCUT2D eigenvalue weighted by Gasteiger charge is 2.23. The van der Waals surface area contributed by atoms with Crippen molar-refractivity contribution < 1.29 is 26.8 Å². The molecule has 0 spiro atoms. The highest BCUT2D eigenvalue weighted by molar-refractivity contribution is 7.92. The van der Waals surface area contributed by atoms with Crippen molar-refractivity contribution in [2.45, 2.75) is 24.3 Å². The van der Waals surface area contributed by atoms with Crippen LogP contribution in [0, 0.1) is 0 Å². The van der Waals surface area contributed by atoms with Gasteiger partial charge < -0.3 is 18.9 Å². The summed E-state index contributed by atoms with van der Waals surface area (Å²) in [5.41, 5.74) is -0.655. The Kier molecular flexibility index (Phi) is 6.73. The van der Waals surface area contributed by atoms with E-state index < -0.39 is 21.4 Å². The van der Waals surface area contributed by atoms with E-state index in [9.17, 15) is 22.8 Å². The lowest BCUT2D eigenvalue weighted by atomic mass is 10.0. The van der Waals surface area contributed by atoms with Crippen molar-refractivity contribution >= 4 is 32.5 Å². The summed E-state index contributed by atoms with van der Waals surface area (Å²) in [5, 5.41) is 2.61. The predicted molar refractivity (Wildman–Crippen MR) is 126 cm³/mol. The number of carbonyl (C=O) groups is 1. The van der Waals surface area contributed by atoms with Gasteiger partial charge in [0.15, 0.2) is 0 Å². The average Bonchev–Trinajstić information content (AvgIpc) is 3.36. The number of ether oxygens (including phenoxy) is 1. The van der Waals surface area contributed by atoms with Gasteiger partial charge in [-0.15, -0.1) is 0 Å². The van der Waals surface area contributed by atoms with Gasteiger partial charge >= 0.3 is 11.4 Å². The Morgan fingerprint density at radius 2 is 1.89 bits per heavy atom. The molecule has 2 aromatic carbocycles. The number of nitrogens with one attached hydrogen (secondary N) is 3. The number of methoxy groups -OCH3 is 1. The highest BCUT2D eigenvalue weighted by Crippen LogP contribution is 2.35. The van der Waals surface area contributed by atoms with Gasteiger partial charge in [0.25, 0.3) is 10.0 Å². The van der Waals surface area contributed by atoms with Gasteiger partial charge in [0, 0.05) is 12.0 Å². The molecule has 11 nitrogen and oxygen atoms in total. The normalized spacial score (nSPS) is 11.3. The van der Waals surface area contributed by atoms with E-state index in [2.05, 4.69) is 19.4 Å². The topological polar surface area (TPSA) is 161 Å². The number of aromatic nitrogens is 1. The van der Waals surface area contributed by atoms with Crippen molar-refractivity contribution in [3.63, 3.8) is 0 Å². The van der Waals surface area contributed by atoms with E-state index in [1.54, 1.807) is 30.3 Å². The summed E-state index contributed by atoms with van der Waals surface area (Å²) in [7, 11) is -2.75. The molecule has 4 aromatic rings. The molecule has 0 aliphatic carbocycles. The molecule has 3 N–H and O–H groups in total. The number of anilines is 1. The van der Waals surface area contributed by atoms with Gasteiger partial charge in [0.2, 0.25) is 5.91 Å². The lowest BCUT2D eigenvalue weighted by Gasteiger charge is -2.17. The van der Waals surface area contributed by atoms with Crippen molar-refractivity contribution in [1.29, 1.82) is 0 Å². The molecule has 0 aliphatic heterocycles. The van der Waals surface area contributed by atoms with Crippen molar-refractivity contribution in [3.8, 4) is 5.75 Å². The van der Waals surface area contributed by atoms with Gasteiger partial charge in [0.1, 0.15) is 17.0 Å². The fraction of sp³-hybridized carbons (Fsp3) is 0.174. The molecular formula is C23H21N3O8S. The van der Waals surface area contributed by atoms with Crippen LogP contribution in [0.2, 0.25) is 0 Å². The summed E-state index contributed by atoms with van der Waals surface area (Å²) in [5.74, 6) is -0.721. The van der Waals surface area contributed by atoms with Gasteiger partial charge in [-0.1, -0.05) is 18.2 Å². The average molecular weight is 500 g/mol. The number of hydrogen-bond acceptors (Lipinski definition) is 8. The van der Waals surface area contributed by atoms with Crippen LogP contribution in [-0.2, 0) is 27.8 Å². The minimum atomic E-state index is -4.05. The van der Waals surface area contributed by atoms with E-state index >= 15 is 0 Å². The summed E-state index contributed by atoms with van der Waals surface area (Å²) < 4.78 is 43.7. The van der Waals surface area contributed by atoms with E-state index in [-0.39, 0.29) is 58.1 Å². The van der Waals surface area contributed by atoms with Crippen LogP contribution in [0.1, 0.15) is 17.7 Å². The number of carbonyl (C=O) groups excluding carboxylic acids is 1. The Hall–Kier alpha value is -4.32. The summed E-state index contributed by atoms with van der Waals surface area (Å²) in [6, 6.07) is 12.3. The fourth-order valence-electron chi connectivity index (χ4n) is 3.54. The smallest absolute Gasteiger partial charge is 0.419 e. The summed E-state index contributed by atoms with van der Waals surface area (Å²) >= 11 is 0. The van der Waals surface area contributed by atoms with E-state index in [0.717, 1.165) is 0 Å². The number of rotatable bonds is 9. The van der Waals surface area contributed by atoms with Crippen molar-refractivity contribution in [2.75, 3.05) is 11.8 Å². The molecule has 0 unspecified atom stereocenters. The second-order valence-electron chi connectivity index (χ2n) is 7.44. The Morgan fingerprint density at radius 3 is 2.57 bits per heavy atom. The molecule has 12 heteroatoms. The van der Waals surface area contributed by atoms with Gasteiger partial charge in [0.05, 0.1) is 35.9 Å². The maximum atomic E-state index is 13.0. The van der Waals surface area contributed by atoms with Crippen LogP contribution in [0.15, 0.2) is 78.1 Å². The molecule has 1 amide bonds. The molecule has 0 aliphatic rings. The zero-order valence-electron chi connectivity index (χ0n) is 18.5. The minimum absolute atomic E-state index is 0.00490. The van der Waals surface area contributed by atoms with Gasteiger partial charge in [-0.2, -0.15) is 0 Å². The van der Waals surface area contributed by atoms with Gasteiger partial charge in [-0.05, 0) is 36.8 Å². The first-order valence-electron chi connectivity index (χ1n) is 10.4. The first-order chi connectivity index (χ1) is 16.8. The van der Waals surface area contributed by atoms with Gasteiger partial charge in [-0.25, -0.2) is 18.0 Å². The van der Waals surface area contributed by atoms with Crippen LogP contribution in [0.25, 0.3) is 10.9 Å². The zero-order valence-corrected chi connectivity index (χ0v) is 19.3. The standard InChI is InChI=1S/C23H21N3O8S/c1-32-21-16(9-10-19(27)24-13-14-6-5-11-33-14)18(12-17-20(21)25-23(29)34-22(17)28)26-35(30,31)15-7-3-2-4-8-15/h2-8,11-12,26H,9-10,13H2,1H3,(H,24,27)(H,25,29). The van der Waals surface area contributed by atoms with Crippen LogP contribution in [0.4, 0.5) is 5.69 Å². The largest absolute Gasteiger partial charge is 0.494 e. The molecule has 2 aromatic heterocycles. The van der Waals surface area contributed by atoms with Crippen LogP contribution in [-0.4, -0.2) is 26.4 Å². The maximum Gasteiger partial charge on any atom is 0.419 e. The Labute approximate surface area is 198 Å². The monoisotopic (exact) mass is 499 g/mol. The van der Waals surface area contributed by atoms with E-state index in [1.807, 2.05) is 0 Å². The van der Waals surface area contributed by atoms with Crippen molar-refractivity contribution in [2.24, 2.45) is 0 Å². The van der Waals surface area contributed by atoms with E-state index in [1.165, 1.54) is 31.6 Å². The molecule has 4 rings (SSSR count). The lowest BCUT2D eigenvalue weighted by Crippen LogP contribution is -2.23. The third-order valence-corrected chi connectivity index (χ3v) is 6.54. The Balaban J connectivity index is 1.73. The number of aromatic amines is 1.